The maximum absolute atomic E-state index is 12.1. The summed E-state index contributed by atoms with van der Waals surface area (Å²) in [6.07, 6.45) is 12.6. The fourth-order valence-corrected chi connectivity index (χ4v) is 4.24. The number of aromatic nitrogens is 3. The molecule has 0 aliphatic heterocycles. The lowest BCUT2D eigenvalue weighted by Gasteiger charge is -2.18. The van der Waals surface area contributed by atoms with Crippen LogP contribution in [0, 0.1) is 11.8 Å². The van der Waals surface area contributed by atoms with Crippen LogP contribution in [0.2, 0.25) is 5.02 Å². The maximum atomic E-state index is 12.1. The van der Waals surface area contributed by atoms with Crippen molar-refractivity contribution < 1.29 is 14.3 Å². The highest BCUT2D eigenvalue weighted by atomic mass is 35.5. The molecule has 10 nitrogen and oxygen atoms in total. The van der Waals surface area contributed by atoms with Crippen molar-refractivity contribution in [2.24, 2.45) is 0 Å². The number of rotatable bonds is 9. The number of amides is 2. The van der Waals surface area contributed by atoms with Crippen LogP contribution in [0.4, 0.5) is 33.6 Å². The van der Waals surface area contributed by atoms with Gasteiger partial charge in [0.15, 0.2) is 5.82 Å². The van der Waals surface area contributed by atoms with Crippen LogP contribution in [0.1, 0.15) is 57.6 Å². The molecule has 1 aromatic carbocycles. The molecule has 218 valence electrons. The maximum Gasteiger partial charge on any atom is 0.407 e. The van der Waals surface area contributed by atoms with E-state index in [0.29, 0.717) is 58.9 Å². The average molecular weight is 588 g/mol. The molecule has 1 aliphatic rings. The number of para-hydroxylation sites is 2. The third-order valence-corrected chi connectivity index (χ3v) is 6.54. The predicted octanol–water partition coefficient (Wildman–Crippen LogP) is 6.72. The van der Waals surface area contributed by atoms with Gasteiger partial charge in [0, 0.05) is 31.3 Å². The Hall–Kier alpha value is -4.62. The predicted molar refractivity (Wildman–Crippen MR) is 165 cm³/mol. The Morgan fingerprint density at radius 3 is 2.76 bits per heavy atom. The van der Waals surface area contributed by atoms with Crippen LogP contribution in [0.3, 0.4) is 0 Å². The van der Waals surface area contributed by atoms with Crippen molar-refractivity contribution in [3.05, 3.63) is 71.7 Å². The first-order valence-corrected chi connectivity index (χ1v) is 14.4. The van der Waals surface area contributed by atoms with Gasteiger partial charge in [-0.15, -0.1) is 0 Å². The van der Waals surface area contributed by atoms with Gasteiger partial charge < -0.3 is 26.0 Å². The number of carbonyl (C=O) groups is 2. The number of allylic oxidation sites excluding steroid dienone is 2. The van der Waals surface area contributed by atoms with Gasteiger partial charge in [0.25, 0.3) is 0 Å². The van der Waals surface area contributed by atoms with Gasteiger partial charge >= 0.3 is 6.09 Å². The number of hydrogen-bond donors (Lipinski definition) is 4. The van der Waals surface area contributed by atoms with Crippen LogP contribution in [0.5, 0.6) is 0 Å². The van der Waals surface area contributed by atoms with Crippen LogP contribution >= 0.6 is 11.6 Å². The van der Waals surface area contributed by atoms with Crippen LogP contribution in [0.15, 0.2) is 60.9 Å². The molecule has 2 aromatic heterocycles. The number of halogens is 1. The number of nitrogens with one attached hydrogen (secondary N) is 4. The monoisotopic (exact) mass is 587 g/mol. The normalized spacial score (nSPS) is 15.1. The second-order valence-electron chi connectivity index (χ2n) is 9.50. The van der Waals surface area contributed by atoms with E-state index >= 15 is 0 Å². The topological polar surface area (TPSA) is 130 Å². The number of benzene rings is 1. The van der Waals surface area contributed by atoms with E-state index in [-0.39, 0.29) is 12.0 Å². The molecule has 11 heteroatoms. The van der Waals surface area contributed by atoms with Crippen molar-refractivity contribution in [1.82, 2.24) is 20.3 Å². The minimum absolute atomic E-state index is 0.0405. The summed E-state index contributed by atoms with van der Waals surface area (Å²) in [4.78, 5) is 37.1. The highest BCUT2D eigenvalue weighted by Crippen LogP contribution is 2.29. The fraction of sp³-hybridized carbons (Fsp3) is 0.323. The summed E-state index contributed by atoms with van der Waals surface area (Å²) < 4.78 is 5.54. The van der Waals surface area contributed by atoms with Gasteiger partial charge in [-0.05, 0) is 62.3 Å². The highest BCUT2D eigenvalue weighted by Gasteiger charge is 2.14. The van der Waals surface area contributed by atoms with Crippen LogP contribution in [-0.4, -0.2) is 39.6 Å². The molecular weight excluding hydrogens is 554 g/mol. The van der Waals surface area contributed by atoms with E-state index < -0.39 is 6.09 Å². The van der Waals surface area contributed by atoms with Gasteiger partial charge in [0.05, 0.1) is 17.6 Å². The summed E-state index contributed by atoms with van der Waals surface area (Å²) in [5, 5.41) is 12.3. The van der Waals surface area contributed by atoms with Gasteiger partial charge in [-0.25, -0.2) is 14.8 Å². The Kier molecular flexibility index (Phi) is 11.5. The second kappa shape index (κ2) is 16.0. The number of alkyl carbamates (subject to hydrolysis) is 1. The Bertz CT molecular complexity index is 1470. The first-order chi connectivity index (χ1) is 20.5. The molecule has 3 aromatic rings. The quantitative estimate of drug-likeness (QED) is 0.123. The number of anilines is 5. The smallest absolute Gasteiger partial charge is 0.407 e. The lowest BCUT2D eigenvalue weighted by atomic mass is 10.0. The lowest BCUT2D eigenvalue weighted by molar-refractivity contribution is -0.115. The van der Waals surface area contributed by atoms with Gasteiger partial charge in [0.1, 0.15) is 16.8 Å². The van der Waals surface area contributed by atoms with Gasteiger partial charge in [-0.2, -0.15) is 4.98 Å². The standard InChI is InChI=1S/C31H34ClN7O3/c1-2-28(40)37-26-15-8-9-16-27(26)38-29-25(32)21-35-30(39-29)36-23-17-19-33-22(20-23)12-10-11-18-34-31(41)42-24-13-6-4-3-5-7-14-24/h3-4,8-9,15-17,19-21,24H,2,5-7,11,13-14,18H2,1H3,(H,34,41)(H,37,40)(H2,33,35,36,38,39)/b4-3-/t24-/m0/s1. The molecule has 1 aliphatic carbocycles. The second-order valence-corrected chi connectivity index (χ2v) is 9.91. The van der Waals surface area contributed by atoms with Gasteiger partial charge in [-0.3, -0.25) is 4.79 Å². The number of pyridine rings is 1. The Morgan fingerprint density at radius 1 is 1.07 bits per heavy atom. The third kappa shape index (κ3) is 9.78. The molecule has 4 rings (SSSR count). The average Bonchev–Trinajstić information content (AvgIpc) is 2.97. The Morgan fingerprint density at radius 2 is 1.90 bits per heavy atom. The minimum Gasteiger partial charge on any atom is -0.446 e. The molecule has 1 atom stereocenters. The number of hydrogen-bond acceptors (Lipinski definition) is 8. The first-order valence-electron chi connectivity index (χ1n) is 14.0. The summed E-state index contributed by atoms with van der Waals surface area (Å²) >= 11 is 6.36. The van der Waals surface area contributed by atoms with Gasteiger partial charge in [0.2, 0.25) is 11.9 Å². The van der Waals surface area contributed by atoms with Gasteiger partial charge in [-0.1, -0.05) is 48.7 Å². The molecule has 0 spiro atoms. The van der Waals surface area contributed by atoms with E-state index in [1.165, 1.54) is 6.20 Å². The van der Waals surface area contributed by atoms with E-state index in [9.17, 15) is 9.59 Å². The summed E-state index contributed by atoms with van der Waals surface area (Å²) in [6, 6.07) is 10.8. The zero-order valence-electron chi connectivity index (χ0n) is 23.5. The largest absolute Gasteiger partial charge is 0.446 e. The third-order valence-electron chi connectivity index (χ3n) is 6.26. The zero-order chi connectivity index (χ0) is 29.6. The molecule has 4 N–H and O–H groups in total. The number of carbonyl (C=O) groups excluding carboxylic acids is 2. The summed E-state index contributed by atoms with van der Waals surface area (Å²) in [6.45, 7) is 2.17. The molecule has 42 heavy (non-hydrogen) atoms. The molecule has 0 radical (unpaired) electrons. The molecule has 2 heterocycles. The van der Waals surface area contributed by atoms with Crippen LogP contribution in [-0.2, 0) is 9.53 Å². The molecule has 0 saturated carbocycles. The number of ether oxygens (including phenoxy) is 1. The summed E-state index contributed by atoms with van der Waals surface area (Å²) in [5.74, 6) is 6.62. The molecule has 0 bridgehead atoms. The van der Waals surface area contributed by atoms with Crippen molar-refractivity contribution in [3.8, 4) is 11.8 Å². The molecular formula is C31H34ClN7O3. The molecule has 0 saturated heterocycles. The summed E-state index contributed by atoms with van der Waals surface area (Å²) in [5.41, 5.74) is 2.50. The van der Waals surface area contributed by atoms with Crippen molar-refractivity contribution in [2.45, 2.75) is 58.0 Å². The lowest BCUT2D eigenvalue weighted by Crippen LogP contribution is -2.29. The Labute approximate surface area is 250 Å². The van der Waals surface area contributed by atoms with Crippen molar-refractivity contribution in [1.29, 1.82) is 0 Å². The minimum atomic E-state index is -0.401. The molecule has 2 amide bonds. The van der Waals surface area contributed by atoms with E-state index in [4.69, 9.17) is 16.3 Å². The van der Waals surface area contributed by atoms with Crippen molar-refractivity contribution in [2.75, 3.05) is 22.5 Å². The van der Waals surface area contributed by atoms with E-state index in [1.807, 2.05) is 18.2 Å². The highest BCUT2D eigenvalue weighted by molar-refractivity contribution is 6.33. The summed E-state index contributed by atoms with van der Waals surface area (Å²) in [7, 11) is 0. The van der Waals surface area contributed by atoms with E-state index in [0.717, 1.165) is 32.1 Å². The van der Waals surface area contributed by atoms with E-state index in [2.05, 4.69) is 60.2 Å². The SMILES string of the molecule is CCC(=O)Nc1ccccc1Nc1nc(Nc2ccnc(C#CCCNC(=O)O[C@H]3CC/C=C\CCC3)c2)ncc1Cl. The van der Waals surface area contributed by atoms with Crippen molar-refractivity contribution >= 4 is 52.4 Å². The van der Waals surface area contributed by atoms with Crippen molar-refractivity contribution in [3.63, 3.8) is 0 Å². The number of nitrogens with zero attached hydrogens (tertiary/aromatic N) is 3. The first kappa shape index (κ1) is 30.3. The zero-order valence-corrected chi connectivity index (χ0v) is 24.2. The van der Waals surface area contributed by atoms with Crippen LogP contribution in [0.25, 0.3) is 0 Å². The molecule has 0 unspecified atom stereocenters. The fourth-order valence-electron chi connectivity index (χ4n) is 4.10. The Balaban J connectivity index is 1.31. The van der Waals surface area contributed by atoms with Crippen LogP contribution < -0.4 is 21.3 Å². The van der Waals surface area contributed by atoms with E-state index in [1.54, 1.807) is 31.3 Å². The molecule has 0 fully saturated rings.